The Morgan fingerprint density at radius 1 is 1.28 bits per heavy atom. The first kappa shape index (κ1) is 30.0. The van der Waals surface area contributed by atoms with E-state index in [1.54, 1.807) is 0 Å². The van der Waals surface area contributed by atoms with Crippen molar-refractivity contribution in [3.8, 4) is 0 Å². The molecular formula is C11H9FeN2O3S-. The van der Waals surface area contributed by atoms with Crippen molar-refractivity contribution in [3.05, 3.63) is 43.8 Å². The number of aryl methyl sites for hydroxylation is 1. The van der Waals surface area contributed by atoms with Crippen molar-refractivity contribution in [1.29, 1.82) is 5.26 Å². The first-order chi connectivity index (χ1) is 8.20. The van der Waals surface area contributed by atoms with E-state index >= 15 is 0 Å². The second-order valence-electron chi connectivity index (χ2n) is 1.82. The topological polar surface area (TPSA) is 93.6 Å². The van der Waals surface area contributed by atoms with E-state index in [0.29, 0.717) is 5.03 Å². The van der Waals surface area contributed by atoms with Gasteiger partial charge in [-0.1, -0.05) is 17.2 Å². The molecule has 0 fully saturated rings. The van der Waals surface area contributed by atoms with Crippen molar-refractivity contribution in [2.24, 2.45) is 0 Å². The summed E-state index contributed by atoms with van der Waals surface area (Å²) >= 11 is 4.79. The molecule has 0 spiro atoms. The number of hydrogen-bond acceptors (Lipinski definition) is 4. The second kappa shape index (κ2) is 36.1. The Bertz CT molecular complexity index is 309. The summed E-state index contributed by atoms with van der Waals surface area (Å²) in [4.78, 5) is 12.7. The van der Waals surface area contributed by atoms with Crippen LogP contribution in [0.25, 0.3) is 0 Å². The van der Waals surface area contributed by atoms with Crippen LogP contribution in [0.3, 0.4) is 0 Å². The average Bonchev–Trinajstić information content (AvgIpc) is 2.37. The molecule has 0 bridgehead atoms. The molecule has 0 atom stereocenters. The van der Waals surface area contributed by atoms with Crippen LogP contribution in [-0.2, 0) is 43.8 Å². The SMILES string of the molecule is C[C-]=O.Cc1cccc([S-])n1.[C-]#N.[C-]#[O+].[C-]#[O+].[Fe+2]. The van der Waals surface area contributed by atoms with E-state index in [1.807, 2.05) is 25.1 Å². The third kappa shape index (κ3) is 36.6. The Morgan fingerprint density at radius 3 is 1.78 bits per heavy atom. The van der Waals surface area contributed by atoms with Crippen molar-refractivity contribution < 1.29 is 31.2 Å². The predicted octanol–water partition coefficient (Wildman–Crippen LogP) is 1.43. The molecule has 96 valence electrons. The van der Waals surface area contributed by atoms with Crippen LogP contribution < -0.4 is 0 Å². The Balaban J connectivity index is -0.0000000486. The van der Waals surface area contributed by atoms with Crippen LogP contribution in [0.5, 0.6) is 0 Å². The van der Waals surface area contributed by atoms with Gasteiger partial charge in [-0.25, -0.2) is 0 Å². The van der Waals surface area contributed by atoms with E-state index in [2.05, 4.69) is 18.3 Å². The molecular weight excluding hydrogens is 296 g/mol. The molecule has 0 aromatic carbocycles. The monoisotopic (exact) mass is 305 g/mol. The van der Waals surface area contributed by atoms with Gasteiger partial charge in [-0.05, 0) is 13.0 Å². The van der Waals surface area contributed by atoms with Gasteiger partial charge in [0.1, 0.15) is 0 Å². The molecule has 0 radical (unpaired) electrons. The van der Waals surface area contributed by atoms with Crippen LogP contribution in [0, 0.1) is 32.1 Å². The fourth-order valence-corrected chi connectivity index (χ4v) is 0.741. The number of pyridine rings is 1. The van der Waals surface area contributed by atoms with Crippen LogP contribution in [0.2, 0.25) is 0 Å². The van der Waals surface area contributed by atoms with E-state index in [-0.39, 0.29) is 17.1 Å². The summed E-state index contributed by atoms with van der Waals surface area (Å²) in [5, 5.41) is 6.92. The van der Waals surface area contributed by atoms with Crippen molar-refractivity contribution in [3.63, 3.8) is 0 Å². The minimum Gasteiger partial charge on any atom is 2.00 e. The molecule has 1 rings (SSSR count). The molecule has 5 nitrogen and oxygen atoms in total. The smallest absolute Gasteiger partial charge is 2.00 e. The second-order valence-corrected chi connectivity index (χ2v) is 2.24. The van der Waals surface area contributed by atoms with Gasteiger partial charge in [0.2, 0.25) is 0 Å². The molecule has 0 aliphatic heterocycles. The van der Waals surface area contributed by atoms with Gasteiger partial charge in [-0.3, -0.25) is 11.3 Å². The molecule has 0 aliphatic carbocycles. The zero-order valence-corrected chi connectivity index (χ0v) is 11.5. The fraction of sp³-hybridized carbons (Fsp3) is 0.182. The van der Waals surface area contributed by atoms with E-state index in [0.717, 1.165) is 5.69 Å². The summed E-state index contributed by atoms with van der Waals surface area (Å²) in [6.07, 6.45) is 1.50. The first-order valence-corrected chi connectivity index (χ1v) is 4.14. The van der Waals surface area contributed by atoms with E-state index < -0.39 is 0 Å². The maximum Gasteiger partial charge on any atom is 2.00 e. The molecule has 0 aliphatic rings. The zero-order chi connectivity index (χ0) is 14.7. The number of rotatable bonds is 0. The number of carbonyl (C=O) groups excluding carboxylic acids is 1. The van der Waals surface area contributed by atoms with Crippen LogP contribution >= 0.6 is 0 Å². The van der Waals surface area contributed by atoms with Gasteiger partial charge in [0.25, 0.3) is 0 Å². The Kier molecular flexibility index (Phi) is 60.1. The Labute approximate surface area is 123 Å². The molecule has 0 amide bonds. The van der Waals surface area contributed by atoms with Gasteiger partial charge >= 0.3 is 39.7 Å². The average molecular weight is 305 g/mol. The molecule has 0 saturated carbocycles. The van der Waals surface area contributed by atoms with Gasteiger partial charge in [0.15, 0.2) is 0 Å². The Hall–Kier alpha value is -1.47. The minimum atomic E-state index is 0. The largest absolute Gasteiger partial charge is 2.00 e. The predicted molar refractivity (Wildman–Crippen MR) is 58.8 cm³/mol. The normalized spacial score (nSPS) is 5.11. The maximum absolute atomic E-state index is 8.68. The first-order valence-electron chi connectivity index (χ1n) is 3.73. The van der Waals surface area contributed by atoms with E-state index in [4.69, 9.17) is 38.6 Å². The van der Waals surface area contributed by atoms with Gasteiger partial charge in [-0.2, -0.15) is 6.92 Å². The molecule has 0 unspecified atom stereocenters. The molecule has 0 N–H and O–H groups in total. The van der Waals surface area contributed by atoms with Crippen LogP contribution in [-0.4, -0.2) is 11.3 Å². The third-order valence-electron chi connectivity index (χ3n) is 0.863. The fourth-order valence-electron chi connectivity index (χ4n) is 0.518. The van der Waals surface area contributed by atoms with Crippen molar-refractivity contribution >= 4 is 18.9 Å². The van der Waals surface area contributed by atoms with E-state index in [1.165, 1.54) is 13.2 Å². The summed E-state index contributed by atoms with van der Waals surface area (Å²) in [6.45, 7) is 17.0. The summed E-state index contributed by atoms with van der Waals surface area (Å²) in [7, 11) is 0. The Morgan fingerprint density at radius 2 is 1.61 bits per heavy atom. The summed E-state index contributed by atoms with van der Waals surface area (Å²) < 4.78 is 15.0. The third-order valence-corrected chi connectivity index (χ3v) is 1.09. The zero-order valence-electron chi connectivity index (χ0n) is 9.61. The summed E-state index contributed by atoms with van der Waals surface area (Å²) in [5.74, 6) is 0. The standard InChI is InChI=1S/C6H7NS.C2H3O.CN.2CO.Fe/c1-5-3-2-4-6(8)7-5;1-2-3;3*1-2;/h2-4H,1H3,(H,7,8);1H3;;;;/q;2*-1;;;+2/p-1. The van der Waals surface area contributed by atoms with Crippen LogP contribution in [0.15, 0.2) is 23.2 Å². The van der Waals surface area contributed by atoms with Crippen molar-refractivity contribution in [1.82, 2.24) is 4.98 Å². The summed E-state index contributed by atoms with van der Waals surface area (Å²) in [5.41, 5.74) is 0.984. The minimum absolute atomic E-state index is 0. The van der Waals surface area contributed by atoms with Crippen molar-refractivity contribution in [2.45, 2.75) is 18.9 Å². The molecule has 1 aromatic heterocycles. The van der Waals surface area contributed by atoms with E-state index in [9.17, 15) is 0 Å². The van der Waals surface area contributed by atoms with Crippen LogP contribution in [0.4, 0.5) is 0 Å². The van der Waals surface area contributed by atoms with Crippen molar-refractivity contribution in [2.75, 3.05) is 0 Å². The molecule has 0 saturated heterocycles. The van der Waals surface area contributed by atoms with Gasteiger partial charge < -0.3 is 29.3 Å². The molecule has 1 heterocycles. The number of hydrogen-bond donors (Lipinski definition) is 0. The van der Waals surface area contributed by atoms with Gasteiger partial charge in [0.05, 0.1) is 0 Å². The number of nitrogens with zero attached hydrogens (tertiary/aromatic N) is 2. The molecule has 7 heteroatoms. The molecule has 1 aromatic rings. The summed E-state index contributed by atoms with van der Waals surface area (Å²) in [6, 6.07) is 5.64. The van der Waals surface area contributed by atoms with Gasteiger partial charge in [0, 0.05) is 5.69 Å². The quantitative estimate of drug-likeness (QED) is 0.313. The van der Waals surface area contributed by atoms with Crippen LogP contribution in [0.1, 0.15) is 12.6 Å². The maximum atomic E-state index is 8.68. The molecule has 18 heavy (non-hydrogen) atoms. The van der Waals surface area contributed by atoms with Gasteiger partial charge in [-0.15, -0.1) is 0 Å². The number of aromatic nitrogens is 1.